The maximum atomic E-state index is 13.2. The summed E-state index contributed by atoms with van der Waals surface area (Å²) < 4.78 is 0. The second-order valence-electron chi connectivity index (χ2n) is 7.72. The Hall–Kier alpha value is -1.73. The molecular formula is C21H27N3O2S2. The molecule has 4 heterocycles. The van der Waals surface area contributed by atoms with Crippen molar-refractivity contribution in [1.82, 2.24) is 14.8 Å². The molecule has 0 N–H and O–H groups in total. The van der Waals surface area contributed by atoms with Gasteiger partial charge in [-0.1, -0.05) is 13.0 Å². The molecule has 2 aromatic rings. The highest BCUT2D eigenvalue weighted by Gasteiger charge is 2.34. The standard InChI is InChI=1S/C21H27N3O2S2/c1-2-17-14-28-19(22-17)15-6-3-9-23(12-15)20(25)16-7-4-10-24(13-16)21(26)18-8-5-11-27-18/h5,8,11,14-16H,2-4,6-7,9-10,12-13H2,1H3. The molecule has 0 spiro atoms. The van der Waals surface area contributed by atoms with E-state index in [1.54, 1.807) is 11.3 Å². The third-order valence-corrected chi connectivity index (χ3v) is 7.72. The summed E-state index contributed by atoms with van der Waals surface area (Å²) in [5, 5.41) is 5.24. The van der Waals surface area contributed by atoms with Crippen molar-refractivity contribution in [3.05, 3.63) is 38.5 Å². The monoisotopic (exact) mass is 417 g/mol. The van der Waals surface area contributed by atoms with Gasteiger partial charge in [0.25, 0.3) is 5.91 Å². The van der Waals surface area contributed by atoms with Crippen molar-refractivity contribution in [1.29, 1.82) is 0 Å². The van der Waals surface area contributed by atoms with Crippen LogP contribution in [0, 0.1) is 5.92 Å². The molecule has 2 saturated heterocycles. The van der Waals surface area contributed by atoms with E-state index in [-0.39, 0.29) is 17.7 Å². The lowest BCUT2D eigenvalue weighted by molar-refractivity contribution is -0.138. The highest BCUT2D eigenvalue weighted by molar-refractivity contribution is 7.12. The zero-order valence-electron chi connectivity index (χ0n) is 16.3. The first kappa shape index (κ1) is 19.6. The first-order valence-electron chi connectivity index (χ1n) is 10.2. The summed E-state index contributed by atoms with van der Waals surface area (Å²) >= 11 is 3.20. The Kier molecular flexibility index (Phi) is 6.11. The second kappa shape index (κ2) is 8.74. The Balaban J connectivity index is 1.39. The zero-order valence-corrected chi connectivity index (χ0v) is 17.9. The largest absolute Gasteiger partial charge is 0.342 e. The minimum atomic E-state index is -0.0705. The predicted molar refractivity (Wildman–Crippen MR) is 113 cm³/mol. The molecule has 2 amide bonds. The number of thiazole rings is 1. The van der Waals surface area contributed by atoms with Crippen LogP contribution in [0.5, 0.6) is 0 Å². The third-order valence-electron chi connectivity index (χ3n) is 5.80. The number of amides is 2. The van der Waals surface area contributed by atoms with Crippen LogP contribution in [0.3, 0.4) is 0 Å². The van der Waals surface area contributed by atoms with E-state index in [9.17, 15) is 9.59 Å². The molecule has 2 unspecified atom stereocenters. The molecule has 7 heteroatoms. The van der Waals surface area contributed by atoms with E-state index in [1.807, 2.05) is 27.3 Å². The van der Waals surface area contributed by atoms with Crippen LogP contribution >= 0.6 is 22.7 Å². The lowest BCUT2D eigenvalue weighted by Gasteiger charge is -2.38. The van der Waals surface area contributed by atoms with Gasteiger partial charge < -0.3 is 9.80 Å². The zero-order chi connectivity index (χ0) is 19.5. The minimum absolute atomic E-state index is 0.0684. The number of carbonyl (C=O) groups excluding carboxylic acids is 2. The van der Waals surface area contributed by atoms with Crippen molar-refractivity contribution >= 4 is 34.5 Å². The maximum absolute atomic E-state index is 13.2. The van der Waals surface area contributed by atoms with E-state index < -0.39 is 0 Å². The Bertz CT molecular complexity index is 817. The van der Waals surface area contributed by atoms with Gasteiger partial charge in [0.15, 0.2) is 0 Å². The molecule has 2 aromatic heterocycles. The van der Waals surface area contributed by atoms with Crippen molar-refractivity contribution < 1.29 is 9.59 Å². The van der Waals surface area contributed by atoms with Crippen molar-refractivity contribution in [2.24, 2.45) is 5.92 Å². The summed E-state index contributed by atoms with van der Waals surface area (Å²) in [5.41, 5.74) is 1.15. The number of aromatic nitrogens is 1. The number of thiophene rings is 1. The number of aryl methyl sites for hydroxylation is 1. The highest BCUT2D eigenvalue weighted by Crippen LogP contribution is 2.31. The van der Waals surface area contributed by atoms with Gasteiger partial charge >= 0.3 is 0 Å². The van der Waals surface area contributed by atoms with Crippen LogP contribution < -0.4 is 0 Å². The van der Waals surface area contributed by atoms with Crippen molar-refractivity contribution in [3.8, 4) is 0 Å². The summed E-state index contributed by atoms with van der Waals surface area (Å²) in [5.74, 6) is 0.578. The van der Waals surface area contributed by atoms with Crippen molar-refractivity contribution in [2.75, 3.05) is 26.2 Å². The summed E-state index contributed by atoms with van der Waals surface area (Å²) in [6.45, 7) is 5.03. The molecule has 2 aliphatic heterocycles. The van der Waals surface area contributed by atoms with Crippen LogP contribution in [0.25, 0.3) is 0 Å². The van der Waals surface area contributed by atoms with Gasteiger partial charge in [-0.05, 0) is 43.6 Å². The lowest BCUT2D eigenvalue weighted by atomic mass is 9.93. The SMILES string of the molecule is CCc1csc(C2CCCN(C(=O)C3CCCN(C(=O)c4cccs4)C3)C2)n1. The Morgan fingerprint density at radius 2 is 1.96 bits per heavy atom. The first-order valence-corrected chi connectivity index (χ1v) is 12.0. The smallest absolute Gasteiger partial charge is 0.263 e. The van der Waals surface area contributed by atoms with Gasteiger partial charge in [0.2, 0.25) is 5.91 Å². The number of likely N-dealkylation sites (tertiary alicyclic amines) is 2. The van der Waals surface area contributed by atoms with E-state index in [0.717, 1.165) is 62.3 Å². The molecule has 0 bridgehead atoms. The van der Waals surface area contributed by atoms with Crippen molar-refractivity contribution in [2.45, 2.75) is 44.9 Å². The van der Waals surface area contributed by atoms with E-state index in [1.165, 1.54) is 16.3 Å². The molecule has 0 aromatic carbocycles. The molecule has 4 rings (SSSR count). The van der Waals surface area contributed by atoms with Gasteiger partial charge in [-0.25, -0.2) is 4.98 Å². The number of carbonyl (C=O) groups is 2. The van der Waals surface area contributed by atoms with Crippen LogP contribution in [0.4, 0.5) is 0 Å². The molecule has 28 heavy (non-hydrogen) atoms. The Morgan fingerprint density at radius 3 is 2.71 bits per heavy atom. The molecule has 5 nitrogen and oxygen atoms in total. The number of piperidine rings is 2. The van der Waals surface area contributed by atoms with Gasteiger partial charge in [-0.2, -0.15) is 0 Å². The molecule has 150 valence electrons. The maximum Gasteiger partial charge on any atom is 0.263 e. The molecule has 2 fully saturated rings. The van der Waals surface area contributed by atoms with Crippen molar-refractivity contribution in [3.63, 3.8) is 0 Å². The summed E-state index contributed by atoms with van der Waals surface area (Å²) in [4.78, 5) is 35.3. The van der Waals surface area contributed by atoms with Crippen LogP contribution in [-0.4, -0.2) is 52.8 Å². The first-order chi connectivity index (χ1) is 13.7. The number of rotatable bonds is 4. The van der Waals surface area contributed by atoms with E-state index in [2.05, 4.69) is 12.3 Å². The summed E-state index contributed by atoms with van der Waals surface area (Å²) in [7, 11) is 0. The fraction of sp³-hybridized carbons (Fsp3) is 0.571. The van der Waals surface area contributed by atoms with Crippen LogP contribution in [0.2, 0.25) is 0 Å². The Labute approximate surface area is 174 Å². The normalized spacial score (nSPS) is 23.0. The third kappa shape index (κ3) is 4.15. The number of nitrogens with zero attached hydrogens (tertiary/aromatic N) is 3. The van der Waals surface area contributed by atoms with Gasteiger partial charge in [0.05, 0.1) is 21.5 Å². The molecule has 0 aliphatic carbocycles. The molecular weight excluding hydrogens is 390 g/mol. The van der Waals surface area contributed by atoms with Crippen LogP contribution in [0.1, 0.15) is 58.9 Å². The Morgan fingerprint density at radius 1 is 1.14 bits per heavy atom. The summed E-state index contributed by atoms with van der Waals surface area (Å²) in [6, 6.07) is 3.77. The molecule has 0 radical (unpaired) electrons. The topological polar surface area (TPSA) is 53.5 Å². The number of hydrogen-bond acceptors (Lipinski definition) is 5. The minimum Gasteiger partial charge on any atom is -0.342 e. The summed E-state index contributed by atoms with van der Waals surface area (Å²) in [6.07, 6.45) is 4.88. The van der Waals surface area contributed by atoms with Gasteiger partial charge in [-0.3, -0.25) is 9.59 Å². The fourth-order valence-electron chi connectivity index (χ4n) is 4.23. The predicted octanol–water partition coefficient (Wildman–Crippen LogP) is 4.03. The molecule has 2 aliphatic rings. The second-order valence-corrected chi connectivity index (χ2v) is 9.56. The van der Waals surface area contributed by atoms with E-state index in [0.29, 0.717) is 12.5 Å². The van der Waals surface area contributed by atoms with Gasteiger partial charge in [0, 0.05) is 37.5 Å². The molecule has 2 atom stereocenters. The average Bonchev–Trinajstić information content (AvgIpc) is 3.45. The number of hydrogen-bond donors (Lipinski definition) is 0. The van der Waals surface area contributed by atoms with E-state index in [4.69, 9.17) is 4.98 Å². The quantitative estimate of drug-likeness (QED) is 0.755. The van der Waals surface area contributed by atoms with Gasteiger partial charge in [0.1, 0.15) is 0 Å². The van der Waals surface area contributed by atoms with Crippen LogP contribution in [0.15, 0.2) is 22.9 Å². The average molecular weight is 418 g/mol. The van der Waals surface area contributed by atoms with E-state index >= 15 is 0 Å². The van der Waals surface area contributed by atoms with Gasteiger partial charge in [-0.15, -0.1) is 22.7 Å². The lowest BCUT2D eigenvalue weighted by Crippen LogP contribution is -2.48. The fourth-order valence-corrected chi connectivity index (χ4v) is 5.95. The molecule has 0 saturated carbocycles. The highest BCUT2D eigenvalue weighted by atomic mass is 32.1. The van der Waals surface area contributed by atoms with Crippen LogP contribution in [-0.2, 0) is 11.2 Å².